The van der Waals surface area contributed by atoms with E-state index in [1.165, 1.54) is 16.3 Å². The van der Waals surface area contributed by atoms with Crippen molar-refractivity contribution in [1.29, 1.82) is 0 Å². The van der Waals surface area contributed by atoms with E-state index in [4.69, 9.17) is 0 Å². The zero-order valence-corrected chi connectivity index (χ0v) is 15.7. The van der Waals surface area contributed by atoms with Gasteiger partial charge in [0.05, 0.1) is 16.8 Å². The Morgan fingerprint density at radius 3 is 2.68 bits per heavy atom. The molecule has 138 valence electrons. The van der Waals surface area contributed by atoms with Crippen molar-refractivity contribution >= 4 is 44.6 Å². The summed E-state index contributed by atoms with van der Waals surface area (Å²) < 4.78 is 1.59. The highest BCUT2D eigenvalue weighted by Gasteiger charge is 2.16. The number of hydrogen-bond donors (Lipinski definition) is 2. The van der Waals surface area contributed by atoms with Gasteiger partial charge in [-0.3, -0.25) is 0 Å². The minimum Gasteiger partial charge on any atom is -0.359 e. The molecule has 5 rings (SSSR count). The second-order valence-corrected chi connectivity index (χ2v) is 7.49. The summed E-state index contributed by atoms with van der Waals surface area (Å²) in [6, 6.07) is 22.3. The van der Waals surface area contributed by atoms with Crippen LogP contribution in [0.2, 0.25) is 0 Å². The van der Waals surface area contributed by atoms with Crippen molar-refractivity contribution in [3.05, 3.63) is 82.8 Å². The van der Waals surface area contributed by atoms with Gasteiger partial charge < -0.3 is 10.3 Å². The molecule has 0 amide bonds. The minimum atomic E-state index is -0.191. The second kappa shape index (κ2) is 7.01. The fourth-order valence-electron chi connectivity index (χ4n) is 3.33. The van der Waals surface area contributed by atoms with Crippen LogP contribution < -0.4 is 11.0 Å². The van der Waals surface area contributed by atoms with E-state index in [-0.39, 0.29) is 5.69 Å². The van der Waals surface area contributed by atoms with Crippen LogP contribution in [0.15, 0.2) is 81.7 Å². The minimum absolute atomic E-state index is 0.191. The Morgan fingerprint density at radius 2 is 1.82 bits per heavy atom. The van der Waals surface area contributed by atoms with Crippen molar-refractivity contribution in [2.45, 2.75) is 6.54 Å². The van der Waals surface area contributed by atoms with E-state index in [1.807, 2.05) is 36.4 Å². The Balaban J connectivity index is 1.35. The van der Waals surface area contributed by atoms with Crippen molar-refractivity contribution in [2.75, 3.05) is 5.75 Å². The summed E-state index contributed by atoms with van der Waals surface area (Å²) in [6.07, 6.45) is 0. The maximum Gasteiger partial charge on any atom is 0.332 e. The van der Waals surface area contributed by atoms with E-state index in [2.05, 4.69) is 50.8 Å². The predicted octanol–water partition coefficient (Wildman–Crippen LogP) is 3.54. The maximum atomic E-state index is 12.3. The van der Waals surface area contributed by atoms with Gasteiger partial charge in [0.25, 0.3) is 0 Å². The van der Waals surface area contributed by atoms with Gasteiger partial charge in [0.15, 0.2) is 11.0 Å². The molecule has 0 saturated heterocycles. The van der Waals surface area contributed by atoms with Crippen LogP contribution in [0, 0.1) is 0 Å². The topological polar surface area (TPSA) is 74.5 Å². The number of fused-ring (bicyclic) bond motifs is 2. The number of benzene rings is 3. The molecule has 0 saturated carbocycles. The zero-order chi connectivity index (χ0) is 18.9. The van der Waals surface area contributed by atoms with Crippen LogP contribution in [0.4, 0.5) is 0 Å². The lowest BCUT2D eigenvalue weighted by Gasteiger charge is -2.14. The van der Waals surface area contributed by atoms with E-state index in [0.717, 1.165) is 16.2 Å². The van der Waals surface area contributed by atoms with Gasteiger partial charge in [-0.2, -0.15) is 0 Å². The first-order valence-electron chi connectivity index (χ1n) is 8.97. The SMILES string of the molecule is O=c1[nH]c2ccccc2n1C1=NN=C(NCc2ccc3ccccc3c2)SC1. The number of rotatable bonds is 2. The third kappa shape index (κ3) is 3.10. The molecule has 0 atom stereocenters. The number of imidazole rings is 1. The van der Waals surface area contributed by atoms with Crippen molar-refractivity contribution < 1.29 is 0 Å². The highest BCUT2D eigenvalue weighted by atomic mass is 32.2. The van der Waals surface area contributed by atoms with Crippen LogP contribution in [0.25, 0.3) is 21.8 Å². The van der Waals surface area contributed by atoms with E-state index in [0.29, 0.717) is 18.1 Å². The number of thioether (sulfide) groups is 1. The van der Waals surface area contributed by atoms with E-state index in [9.17, 15) is 4.79 Å². The Hall–Kier alpha value is -3.32. The molecule has 1 aliphatic rings. The molecular weight excluding hydrogens is 370 g/mol. The summed E-state index contributed by atoms with van der Waals surface area (Å²) in [6.45, 7) is 0.675. The monoisotopic (exact) mass is 387 g/mol. The van der Waals surface area contributed by atoms with Crippen LogP contribution in [0.3, 0.4) is 0 Å². The normalized spacial score (nSPS) is 14.1. The molecule has 7 heteroatoms. The lowest BCUT2D eigenvalue weighted by molar-refractivity contribution is 0.917. The second-order valence-electron chi connectivity index (χ2n) is 6.53. The lowest BCUT2D eigenvalue weighted by Crippen LogP contribution is -2.30. The molecule has 0 aliphatic carbocycles. The summed E-state index contributed by atoms with van der Waals surface area (Å²) in [4.78, 5) is 15.1. The van der Waals surface area contributed by atoms with Crippen LogP contribution in [0.1, 0.15) is 5.56 Å². The molecule has 0 bridgehead atoms. The first-order chi connectivity index (χ1) is 13.8. The predicted molar refractivity (Wildman–Crippen MR) is 116 cm³/mol. The Labute approximate surface area is 165 Å². The van der Waals surface area contributed by atoms with Crippen molar-refractivity contribution in [3.63, 3.8) is 0 Å². The molecule has 2 heterocycles. The summed E-state index contributed by atoms with van der Waals surface area (Å²) in [7, 11) is 0. The van der Waals surface area contributed by atoms with Gasteiger partial charge in [-0.25, -0.2) is 9.36 Å². The van der Waals surface area contributed by atoms with Gasteiger partial charge in [-0.05, 0) is 34.5 Å². The smallest absolute Gasteiger partial charge is 0.332 e. The van der Waals surface area contributed by atoms with Gasteiger partial charge in [-0.1, -0.05) is 60.3 Å². The Bertz CT molecular complexity index is 1300. The molecule has 0 spiro atoms. The number of H-pyrrole nitrogens is 1. The first-order valence-corrected chi connectivity index (χ1v) is 9.95. The molecule has 1 aliphatic heterocycles. The Morgan fingerprint density at radius 1 is 1.00 bits per heavy atom. The summed E-state index contributed by atoms with van der Waals surface area (Å²) >= 11 is 1.54. The van der Waals surface area contributed by atoms with E-state index < -0.39 is 0 Å². The van der Waals surface area contributed by atoms with Crippen molar-refractivity contribution in [3.8, 4) is 0 Å². The zero-order valence-electron chi connectivity index (χ0n) is 14.9. The standard InChI is InChI=1S/C21H17N5OS/c27-21-23-17-7-3-4-8-18(17)26(21)19-13-28-20(25-24-19)22-12-14-9-10-15-5-1-2-6-16(15)11-14/h1-11H,12-13H2,(H,22,25)(H,23,27). The summed E-state index contributed by atoms with van der Waals surface area (Å²) in [5.74, 6) is 1.20. The molecule has 6 nitrogen and oxygen atoms in total. The van der Waals surface area contributed by atoms with Crippen molar-refractivity contribution in [2.24, 2.45) is 10.2 Å². The highest BCUT2D eigenvalue weighted by molar-refractivity contribution is 8.14. The summed E-state index contributed by atoms with van der Waals surface area (Å²) in [5, 5.41) is 15.1. The number of nitrogens with one attached hydrogen (secondary N) is 2. The first kappa shape index (κ1) is 16.8. The fourth-order valence-corrected chi connectivity index (χ4v) is 4.05. The largest absolute Gasteiger partial charge is 0.359 e. The molecule has 3 aromatic carbocycles. The van der Waals surface area contributed by atoms with Gasteiger partial charge in [0, 0.05) is 6.54 Å². The maximum absolute atomic E-state index is 12.3. The third-order valence-corrected chi connectivity index (χ3v) is 5.60. The van der Waals surface area contributed by atoms with Crippen LogP contribution in [-0.4, -0.2) is 26.3 Å². The van der Waals surface area contributed by atoms with E-state index >= 15 is 0 Å². The molecule has 0 fully saturated rings. The average molecular weight is 387 g/mol. The van der Waals surface area contributed by atoms with Crippen LogP contribution in [-0.2, 0) is 6.54 Å². The van der Waals surface area contributed by atoms with Crippen LogP contribution in [0.5, 0.6) is 0 Å². The molecular formula is C21H17N5OS. The molecule has 0 radical (unpaired) electrons. The number of aromatic nitrogens is 2. The quantitative estimate of drug-likeness (QED) is 0.552. The number of amidine groups is 1. The lowest BCUT2D eigenvalue weighted by atomic mass is 10.1. The number of nitrogens with zero attached hydrogens (tertiary/aromatic N) is 3. The van der Waals surface area contributed by atoms with Crippen LogP contribution >= 0.6 is 11.8 Å². The molecule has 1 aromatic heterocycles. The van der Waals surface area contributed by atoms with Gasteiger partial charge in [-0.15, -0.1) is 10.2 Å². The molecule has 28 heavy (non-hydrogen) atoms. The van der Waals surface area contributed by atoms with E-state index in [1.54, 1.807) is 16.3 Å². The van der Waals surface area contributed by atoms with Gasteiger partial charge in [0.1, 0.15) is 0 Å². The average Bonchev–Trinajstić information content (AvgIpc) is 3.08. The van der Waals surface area contributed by atoms with Crippen molar-refractivity contribution in [1.82, 2.24) is 14.9 Å². The third-order valence-electron chi connectivity index (χ3n) is 4.70. The van der Waals surface area contributed by atoms with Gasteiger partial charge in [0.2, 0.25) is 0 Å². The molecule has 4 aromatic rings. The fraction of sp³-hybridized carbons (Fsp3) is 0.0952. The highest BCUT2D eigenvalue weighted by Crippen LogP contribution is 2.17. The Kier molecular flexibility index (Phi) is 4.21. The van der Waals surface area contributed by atoms with Gasteiger partial charge >= 0.3 is 5.69 Å². The molecule has 2 N–H and O–H groups in total. The molecule has 0 unspecified atom stereocenters. The summed E-state index contributed by atoms with van der Waals surface area (Å²) in [5.41, 5.74) is 2.60. The number of para-hydroxylation sites is 2. The number of hydrogen-bond acceptors (Lipinski definition) is 5. The number of aromatic amines is 1.